The van der Waals surface area contributed by atoms with Crippen LogP contribution in [0, 0.1) is 5.41 Å². The van der Waals surface area contributed by atoms with E-state index in [-0.39, 0.29) is 17.4 Å². The minimum absolute atomic E-state index is 0.0287. The first kappa shape index (κ1) is 14.6. The van der Waals surface area contributed by atoms with Crippen molar-refractivity contribution in [2.75, 3.05) is 26.3 Å². The van der Waals surface area contributed by atoms with Crippen LogP contribution < -0.4 is 5.32 Å². The van der Waals surface area contributed by atoms with Gasteiger partial charge in [-0.05, 0) is 18.6 Å². The lowest BCUT2D eigenvalue weighted by atomic mass is 9.62. The molecule has 1 aliphatic heterocycles. The molecule has 0 aromatic carbocycles. The van der Waals surface area contributed by atoms with Crippen LogP contribution in [0.5, 0.6) is 0 Å². The average Bonchev–Trinajstić information content (AvgIpc) is 2.90. The number of carbonyl (C=O) groups is 1. The summed E-state index contributed by atoms with van der Waals surface area (Å²) in [5, 5.41) is 3.20. The van der Waals surface area contributed by atoms with Crippen LogP contribution in [0.3, 0.4) is 0 Å². The minimum atomic E-state index is 0.0287. The molecule has 2 atom stereocenters. The number of carbonyl (C=O) groups excluding carboxylic acids is 1. The summed E-state index contributed by atoms with van der Waals surface area (Å²) in [6.07, 6.45) is 2.93. The Kier molecular flexibility index (Phi) is 3.80. The summed E-state index contributed by atoms with van der Waals surface area (Å²) < 4.78 is 7.29. The van der Waals surface area contributed by atoms with E-state index in [4.69, 9.17) is 4.74 Å². The normalized spacial score (nSPS) is 28.9. The Bertz CT molecular complexity index is 517. The maximum Gasteiger partial charge on any atom is 0.268 e. The first-order valence-corrected chi connectivity index (χ1v) is 7.74. The summed E-state index contributed by atoms with van der Waals surface area (Å²) in [6, 6.07) is 4.55. The van der Waals surface area contributed by atoms with E-state index in [0.717, 1.165) is 38.4 Å². The van der Waals surface area contributed by atoms with E-state index in [1.165, 1.54) is 0 Å². The van der Waals surface area contributed by atoms with E-state index in [9.17, 15) is 4.79 Å². The zero-order valence-corrected chi connectivity index (χ0v) is 13.1. The molecule has 5 heteroatoms. The Morgan fingerprint density at radius 2 is 2.10 bits per heavy atom. The zero-order chi connectivity index (χ0) is 15.0. The third kappa shape index (κ3) is 2.60. The molecule has 2 heterocycles. The highest BCUT2D eigenvalue weighted by Crippen LogP contribution is 2.44. The molecule has 21 heavy (non-hydrogen) atoms. The van der Waals surface area contributed by atoms with Gasteiger partial charge in [0.2, 0.25) is 0 Å². The Morgan fingerprint density at radius 1 is 1.38 bits per heavy atom. The Balaban J connectivity index is 1.61. The fourth-order valence-corrected chi connectivity index (χ4v) is 3.59. The van der Waals surface area contributed by atoms with Crippen LogP contribution in [0.15, 0.2) is 18.3 Å². The van der Waals surface area contributed by atoms with Gasteiger partial charge in [-0.15, -0.1) is 0 Å². The molecule has 1 aromatic rings. The maximum atomic E-state index is 12.3. The standard InChI is InChI=1S/C16H25N3O2/c1-16(2)13(11-14(16)19-7-9-21-10-8-19)17-15(20)12-5-4-6-18(12)3/h4-6,13-14H,7-11H2,1-3H3,(H,17,20). The molecule has 1 saturated heterocycles. The second-order valence-electron chi connectivity index (χ2n) is 6.75. The van der Waals surface area contributed by atoms with Gasteiger partial charge in [-0.25, -0.2) is 0 Å². The van der Waals surface area contributed by atoms with E-state index >= 15 is 0 Å². The second kappa shape index (κ2) is 5.46. The fourth-order valence-electron chi connectivity index (χ4n) is 3.59. The maximum absolute atomic E-state index is 12.3. The van der Waals surface area contributed by atoms with E-state index in [2.05, 4.69) is 24.1 Å². The molecule has 0 radical (unpaired) electrons. The Hall–Kier alpha value is -1.33. The number of nitrogens with one attached hydrogen (secondary N) is 1. The van der Waals surface area contributed by atoms with Gasteiger partial charge in [0, 0.05) is 43.8 Å². The van der Waals surface area contributed by atoms with Crippen LogP contribution in [0.25, 0.3) is 0 Å². The molecular formula is C16H25N3O2. The molecule has 2 unspecified atom stereocenters. The lowest BCUT2D eigenvalue weighted by Crippen LogP contribution is -2.67. The largest absolute Gasteiger partial charge is 0.379 e. The Labute approximate surface area is 126 Å². The number of hydrogen-bond acceptors (Lipinski definition) is 3. The number of aromatic nitrogens is 1. The molecule has 1 N–H and O–H groups in total. The number of aryl methyl sites for hydroxylation is 1. The van der Waals surface area contributed by atoms with Crippen molar-refractivity contribution < 1.29 is 9.53 Å². The second-order valence-corrected chi connectivity index (χ2v) is 6.75. The molecule has 5 nitrogen and oxygen atoms in total. The summed E-state index contributed by atoms with van der Waals surface area (Å²) in [4.78, 5) is 14.8. The molecule has 116 valence electrons. The minimum Gasteiger partial charge on any atom is -0.379 e. The van der Waals surface area contributed by atoms with Crippen molar-refractivity contribution in [1.82, 2.24) is 14.8 Å². The van der Waals surface area contributed by atoms with Crippen LogP contribution in [0.1, 0.15) is 30.8 Å². The molecule has 0 bridgehead atoms. The smallest absolute Gasteiger partial charge is 0.268 e. The van der Waals surface area contributed by atoms with Crippen molar-refractivity contribution in [3.63, 3.8) is 0 Å². The first-order chi connectivity index (χ1) is 10.00. The SMILES string of the molecule is Cn1cccc1C(=O)NC1CC(N2CCOCC2)C1(C)C. The van der Waals surface area contributed by atoms with Crippen LogP contribution >= 0.6 is 0 Å². The van der Waals surface area contributed by atoms with Gasteiger partial charge < -0.3 is 14.6 Å². The topological polar surface area (TPSA) is 46.5 Å². The highest BCUT2D eigenvalue weighted by Gasteiger charge is 2.51. The number of amides is 1. The third-order valence-electron chi connectivity index (χ3n) is 5.18. The lowest BCUT2D eigenvalue weighted by molar-refractivity contribution is -0.0750. The summed E-state index contributed by atoms with van der Waals surface area (Å²) in [5.41, 5.74) is 0.832. The number of nitrogens with zero attached hydrogens (tertiary/aromatic N) is 2. The average molecular weight is 291 g/mol. The van der Waals surface area contributed by atoms with E-state index in [1.807, 2.05) is 29.9 Å². The summed E-state index contributed by atoms with van der Waals surface area (Å²) >= 11 is 0. The van der Waals surface area contributed by atoms with Gasteiger partial charge in [-0.1, -0.05) is 13.8 Å². The quantitative estimate of drug-likeness (QED) is 0.912. The van der Waals surface area contributed by atoms with Gasteiger partial charge in [0.1, 0.15) is 5.69 Å². The van der Waals surface area contributed by atoms with Gasteiger partial charge in [0.25, 0.3) is 5.91 Å². The number of morpholine rings is 1. The predicted molar refractivity (Wildman–Crippen MR) is 81.2 cm³/mol. The van der Waals surface area contributed by atoms with Gasteiger partial charge in [0.15, 0.2) is 0 Å². The van der Waals surface area contributed by atoms with Gasteiger partial charge >= 0.3 is 0 Å². The van der Waals surface area contributed by atoms with E-state index in [1.54, 1.807) is 0 Å². The molecule has 2 aliphatic rings. The van der Waals surface area contributed by atoms with E-state index in [0.29, 0.717) is 6.04 Å². The van der Waals surface area contributed by atoms with Gasteiger partial charge in [0.05, 0.1) is 13.2 Å². The molecular weight excluding hydrogens is 266 g/mol. The monoisotopic (exact) mass is 291 g/mol. The van der Waals surface area contributed by atoms with Crippen LogP contribution in [0.2, 0.25) is 0 Å². The first-order valence-electron chi connectivity index (χ1n) is 7.74. The zero-order valence-electron chi connectivity index (χ0n) is 13.1. The number of ether oxygens (including phenoxy) is 1. The van der Waals surface area contributed by atoms with Crippen molar-refractivity contribution in [3.05, 3.63) is 24.0 Å². The summed E-state index contributed by atoms with van der Waals surface area (Å²) in [7, 11) is 1.90. The van der Waals surface area contributed by atoms with Crippen molar-refractivity contribution in [3.8, 4) is 0 Å². The molecule has 2 fully saturated rings. The van der Waals surface area contributed by atoms with E-state index < -0.39 is 0 Å². The van der Waals surface area contributed by atoms with Crippen molar-refractivity contribution in [2.24, 2.45) is 12.5 Å². The molecule has 1 aromatic heterocycles. The fraction of sp³-hybridized carbons (Fsp3) is 0.688. The Morgan fingerprint density at radius 3 is 2.67 bits per heavy atom. The van der Waals surface area contributed by atoms with Gasteiger partial charge in [-0.2, -0.15) is 0 Å². The van der Waals surface area contributed by atoms with Crippen molar-refractivity contribution >= 4 is 5.91 Å². The highest BCUT2D eigenvalue weighted by molar-refractivity contribution is 5.93. The number of rotatable bonds is 3. The molecule has 3 rings (SSSR count). The third-order valence-corrected chi connectivity index (χ3v) is 5.18. The van der Waals surface area contributed by atoms with Gasteiger partial charge in [-0.3, -0.25) is 9.69 Å². The highest BCUT2D eigenvalue weighted by atomic mass is 16.5. The van der Waals surface area contributed by atoms with Crippen LogP contribution in [0.4, 0.5) is 0 Å². The number of hydrogen-bond donors (Lipinski definition) is 1. The summed E-state index contributed by atoms with van der Waals surface area (Å²) in [6.45, 7) is 8.18. The van der Waals surface area contributed by atoms with Crippen LogP contribution in [-0.4, -0.2) is 53.8 Å². The van der Waals surface area contributed by atoms with Crippen molar-refractivity contribution in [2.45, 2.75) is 32.4 Å². The van der Waals surface area contributed by atoms with Crippen LogP contribution in [-0.2, 0) is 11.8 Å². The molecule has 1 aliphatic carbocycles. The summed E-state index contributed by atoms with van der Waals surface area (Å²) in [5.74, 6) is 0.0287. The molecule has 0 spiro atoms. The van der Waals surface area contributed by atoms with Crippen molar-refractivity contribution in [1.29, 1.82) is 0 Å². The lowest BCUT2D eigenvalue weighted by Gasteiger charge is -2.57. The molecule has 1 saturated carbocycles. The predicted octanol–water partition coefficient (Wildman–Crippen LogP) is 1.25. The molecule has 1 amide bonds.